The van der Waals surface area contributed by atoms with Crippen LogP contribution in [-0.2, 0) is 11.3 Å². The molecule has 1 aromatic heterocycles. The molecule has 2 aromatic carbocycles. The lowest BCUT2D eigenvalue weighted by Gasteiger charge is -2.48. The SMILES string of the molecule is O=C(CN1CC[C@@]2(CCCN2Cc2ccccc2)[C@@H](O)C1)Nc1nc2ccc(Cl)cc2s1. The molecule has 0 radical (unpaired) electrons. The number of piperidine rings is 1. The molecule has 0 saturated carbocycles. The van der Waals surface area contributed by atoms with Crippen LogP contribution in [0.2, 0.25) is 5.02 Å². The van der Waals surface area contributed by atoms with Crippen molar-refractivity contribution in [3.8, 4) is 0 Å². The largest absolute Gasteiger partial charge is 0.390 e. The molecule has 168 valence electrons. The summed E-state index contributed by atoms with van der Waals surface area (Å²) >= 11 is 7.46. The minimum absolute atomic E-state index is 0.106. The first-order chi connectivity index (χ1) is 15.5. The molecular weight excluding hydrogens is 444 g/mol. The Morgan fingerprint density at radius 3 is 2.88 bits per heavy atom. The van der Waals surface area contributed by atoms with Gasteiger partial charge in [-0.2, -0.15) is 0 Å². The van der Waals surface area contributed by atoms with Crippen molar-refractivity contribution in [1.29, 1.82) is 0 Å². The number of halogens is 1. The summed E-state index contributed by atoms with van der Waals surface area (Å²) in [5.74, 6) is -0.106. The van der Waals surface area contributed by atoms with Gasteiger partial charge in [-0.3, -0.25) is 14.6 Å². The van der Waals surface area contributed by atoms with Gasteiger partial charge >= 0.3 is 0 Å². The van der Waals surface area contributed by atoms with Crippen molar-refractivity contribution in [2.24, 2.45) is 0 Å². The lowest BCUT2D eigenvalue weighted by atomic mass is 9.82. The fraction of sp³-hybridized carbons (Fsp3) is 0.417. The quantitative estimate of drug-likeness (QED) is 0.590. The number of hydrogen-bond acceptors (Lipinski definition) is 6. The number of fused-ring (bicyclic) bond motifs is 1. The van der Waals surface area contributed by atoms with E-state index in [4.69, 9.17) is 11.6 Å². The summed E-state index contributed by atoms with van der Waals surface area (Å²) in [5, 5.41) is 15.3. The van der Waals surface area contributed by atoms with Crippen LogP contribution in [0.4, 0.5) is 5.13 Å². The third-order valence-corrected chi connectivity index (χ3v) is 7.93. The first kappa shape index (κ1) is 21.8. The molecule has 8 heteroatoms. The van der Waals surface area contributed by atoms with E-state index in [9.17, 15) is 9.90 Å². The van der Waals surface area contributed by atoms with Crippen LogP contribution in [0.3, 0.4) is 0 Å². The molecule has 32 heavy (non-hydrogen) atoms. The number of anilines is 1. The van der Waals surface area contributed by atoms with E-state index in [-0.39, 0.29) is 18.0 Å². The van der Waals surface area contributed by atoms with E-state index >= 15 is 0 Å². The average molecular weight is 471 g/mol. The van der Waals surface area contributed by atoms with E-state index in [1.807, 2.05) is 18.2 Å². The third kappa shape index (κ3) is 4.40. The highest BCUT2D eigenvalue weighted by atomic mass is 35.5. The summed E-state index contributed by atoms with van der Waals surface area (Å²) < 4.78 is 0.947. The highest BCUT2D eigenvalue weighted by Gasteiger charge is 2.49. The van der Waals surface area contributed by atoms with E-state index in [2.05, 4.69) is 44.4 Å². The Bertz CT molecular complexity index is 1110. The molecule has 3 heterocycles. The predicted molar refractivity (Wildman–Crippen MR) is 129 cm³/mol. The number of β-amino-alcohol motifs (C(OH)–C–C–N with tert-alkyl or cyclic N) is 1. The lowest BCUT2D eigenvalue weighted by molar-refractivity contribution is -0.120. The molecule has 2 N–H and O–H groups in total. The van der Waals surface area contributed by atoms with Crippen molar-refractivity contribution in [3.63, 3.8) is 0 Å². The minimum atomic E-state index is -0.472. The number of benzene rings is 2. The van der Waals surface area contributed by atoms with Crippen molar-refractivity contribution in [2.45, 2.75) is 37.5 Å². The number of aromatic nitrogens is 1. The second kappa shape index (κ2) is 9.08. The Morgan fingerprint density at radius 1 is 1.22 bits per heavy atom. The molecule has 5 rings (SSSR count). The predicted octanol–water partition coefficient (Wildman–Crippen LogP) is 3.99. The Morgan fingerprint density at radius 2 is 2.06 bits per heavy atom. The maximum atomic E-state index is 12.6. The molecule has 2 fully saturated rings. The second-order valence-corrected chi connectivity index (χ2v) is 10.3. The van der Waals surface area contributed by atoms with Gasteiger partial charge in [0.05, 0.1) is 22.9 Å². The molecule has 2 aliphatic heterocycles. The molecule has 2 aliphatic rings. The summed E-state index contributed by atoms with van der Waals surface area (Å²) in [5.41, 5.74) is 1.92. The minimum Gasteiger partial charge on any atom is -0.390 e. The van der Waals surface area contributed by atoms with E-state index in [0.717, 1.165) is 49.1 Å². The Balaban J connectivity index is 1.19. The summed E-state index contributed by atoms with van der Waals surface area (Å²) in [6.45, 7) is 3.43. The van der Waals surface area contributed by atoms with Crippen LogP contribution < -0.4 is 5.32 Å². The van der Waals surface area contributed by atoms with Gasteiger partial charge in [-0.05, 0) is 49.6 Å². The molecule has 0 bridgehead atoms. The Labute approximate surface area is 196 Å². The van der Waals surface area contributed by atoms with Gasteiger partial charge in [0.25, 0.3) is 0 Å². The number of thiazole rings is 1. The van der Waals surface area contributed by atoms with Gasteiger partial charge in [-0.25, -0.2) is 4.98 Å². The number of rotatable bonds is 5. The maximum Gasteiger partial charge on any atom is 0.240 e. The van der Waals surface area contributed by atoms with Gasteiger partial charge in [0.1, 0.15) is 0 Å². The summed E-state index contributed by atoms with van der Waals surface area (Å²) in [6.07, 6.45) is 2.51. The van der Waals surface area contributed by atoms with E-state index in [1.54, 1.807) is 6.07 Å². The van der Waals surface area contributed by atoms with Gasteiger partial charge < -0.3 is 10.4 Å². The van der Waals surface area contributed by atoms with Crippen LogP contribution in [0.5, 0.6) is 0 Å². The summed E-state index contributed by atoms with van der Waals surface area (Å²) in [6, 6.07) is 16.0. The van der Waals surface area contributed by atoms with Crippen LogP contribution in [0.15, 0.2) is 48.5 Å². The number of hydrogen-bond donors (Lipinski definition) is 2. The number of nitrogens with zero attached hydrogens (tertiary/aromatic N) is 3. The van der Waals surface area contributed by atoms with Gasteiger partial charge in [-0.15, -0.1) is 0 Å². The van der Waals surface area contributed by atoms with Crippen LogP contribution >= 0.6 is 22.9 Å². The number of amides is 1. The molecule has 3 aromatic rings. The Kier molecular flexibility index (Phi) is 6.18. The third-order valence-electron chi connectivity index (χ3n) is 6.76. The Hall–Kier alpha value is -2.03. The normalized spacial score (nSPS) is 24.4. The van der Waals surface area contributed by atoms with Crippen LogP contribution in [0.1, 0.15) is 24.8 Å². The number of likely N-dealkylation sites (tertiary alicyclic amines) is 2. The van der Waals surface area contributed by atoms with Crippen LogP contribution in [0, 0.1) is 0 Å². The highest BCUT2D eigenvalue weighted by Crippen LogP contribution is 2.39. The van der Waals surface area contributed by atoms with Gasteiger partial charge in [-0.1, -0.05) is 53.3 Å². The number of carbonyl (C=O) groups excluding carboxylic acids is 1. The number of aliphatic hydroxyl groups is 1. The van der Waals surface area contributed by atoms with Crippen molar-refractivity contribution in [3.05, 3.63) is 59.1 Å². The molecule has 0 unspecified atom stereocenters. The zero-order valence-electron chi connectivity index (χ0n) is 17.8. The number of nitrogens with one attached hydrogen (secondary N) is 1. The van der Waals surface area contributed by atoms with E-state index in [0.29, 0.717) is 16.7 Å². The second-order valence-electron chi connectivity index (χ2n) is 8.79. The number of carbonyl (C=O) groups is 1. The van der Waals surface area contributed by atoms with Crippen molar-refractivity contribution in [1.82, 2.24) is 14.8 Å². The zero-order chi connectivity index (χ0) is 22.1. The molecule has 0 aliphatic carbocycles. The molecule has 1 amide bonds. The first-order valence-electron chi connectivity index (χ1n) is 11.1. The first-order valence-corrected chi connectivity index (χ1v) is 12.3. The molecule has 2 atom stereocenters. The van der Waals surface area contributed by atoms with Gasteiger partial charge in [0, 0.05) is 30.2 Å². The average Bonchev–Trinajstić information content (AvgIpc) is 3.35. The summed E-state index contributed by atoms with van der Waals surface area (Å²) in [4.78, 5) is 21.6. The van der Waals surface area contributed by atoms with Gasteiger partial charge in [0.2, 0.25) is 5.91 Å². The monoisotopic (exact) mass is 470 g/mol. The van der Waals surface area contributed by atoms with Crippen LogP contribution in [-0.4, -0.2) is 63.6 Å². The molecule has 6 nitrogen and oxygen atoms in total. The van der Waals surface area contributed by atoms with Gasteiger partial charge in [0.15, 0.2) is 5.13 Å². The molecule has 1 spiro atoms. The van der Waals surface area contributed by atoms with Crippen molar-refractivity contribution >= 4 is 44.2 Å². The fourth-order valence-corrected chi connectivity index (χ4v) is 6.30. The molecular formula is C24H27ClN4O2S. The van der Waals surface area contributed by atoms with Crippen molar-refractivity contribution < 1.29 is 9.90 Å². The lowest BCUT2D eigenvalue weighted by Crippen LogP contribution is -2.61. The van der Waals surface area contributed by atoms with E-state index in [1.165, 1.54) is 16.9 Å². The number of aliphatic hydroxyl groups excluding tert-OH is 1. The van der Waals surface area contributed by atoms with Crippen molar-refractivity contribution in [2.75, 3.05) is 31.5 Å². The smallest absolute Gasteiger partial charge is 0.240 e. The molecule has 2 saturated heterocycles. The van der Waals surface area contributed by atoms with Crippen LogP contribution in [0.25, 0.3) is 10.2 Å². The standard InChI is InChI=1S/C24H27ClN4O2S/c25-18-7-8-19-20(13-18)32-23(26-19)27-22(31)16-28-12-10-24(21(30)15-28)9-4-11-29(24)14-17-5-2-1-3-6-17/h1-3,5-8,13,21,30H,4,9-12,14-16H2,(H,26,27,31)/t21-,24-/m0/s1. The zero-order valence-corrected chi connectivity index (χ0v) is 19.4. The van der Waals surface area contributed by atoms with E-state index < -0.39 is 6.10 Å². The summed E-state index contributed by atoms with van der Waals surface area (Å²) in [7, 11) is 0. The highest BCUT2D eigenvalue weighted by molar-refractivity contribution is 7.22. The fourth-order valence-electron chi connectivity index (χ4n) is 5.14. The topological polar surface area (TPSA) is 68.7 Å². The maximum absolute atomic E-state index is 12.6.